The second-order valence-electron chi connectivity index (χ2n) is 6.46. The van der Waals surface area contributed by atoms with Gasteiger partial charge in [-0.2, -0.15) is 0 Å². The van der Waals surface area contributed by atoms with Crippen molar-refractivity contribution in [1.82, 2.24) is 0 Å². The molecule has 1 aliphatic rings. The van der Waals surface area contributed by atoms with Crippen LogP contribution in [-0.2, 0) is 9.59 Å². The lowest BCUT2D eigenvalue weighted by atomic mass is 9.76. The number of rotatable bonds is 3. The van der Waals surface area contributed by atoms with Crippen molar-refractivity contribution >= 4 is 17.4 Å². The molecule has 4 nitrogen and oxygen atoms in total. The number of nitrogens with one attached hydrogen (secondary N) is 1. The lowest BCUT2D eigenvalue weighted by Crippen LogP contribution is -2.27. The lowest BCUT2D eigenvalue weighted by molar-refractivity contribution is -0.121. The van der Waals surface area contributed by atoms with Crippen molar-refractivity contribution < 1.29 is 14.7 Å². The maximum Gasteiger partial charge on any atom is 0.229 e. The monoisotopic (exact) mass is 287 g/mol. The Morgan fingerprint density at radius 1 is 1.24 bits per heavy atom. The van der Waals surface area contributed by atoms with Gasteiger partial charge in [0.2, 0.25) is 5.91 Å². The number of aryl methyl sites for hydroxylation is 1. The highest BCUT2D eigenvalue weighted by Crippen LogP contribution is 2.36. The number of carbonyl (C=O) groups is 2. The minimum Gasteiger partial charge on any atom is -0.512 e. The fraction of sp³-hybridized carbons (Fsp3) is 0.412. The zero-order valence-corrected chi connectivity index (χ0v) is 12.7. The number of hydrogen-bond acceptors (Lipinski definition) is 3. The molecule has 0 aliphatic heterocycles. The van der Waals surface area contributed by atoms with Crippen LogP contribution in [-0.4, -0.2) is 16.8 Å². The summed E-state index contributed by atoms with van der Waals surface area (Å²) in [5.74, 6) is -0.369. The number of amides is 1. The van der Waals surface area contributed by atoms with Crippen LogP contribution < -0.4 is 5.32 Å². The molecule has 0 spiro atoms. The molecule has 112 valence electrons. The average Bonchev–Trinajstić information content (AvgIpc) is 2.36. The number of benzene rings is 1. The van der Waals surface area contributed by atoms with Crippen molar-refractivity contribution in [2.45, 2.75) is 40.0 Å². The summed E-state index contributed by atoms with van der Waals surface area (Å²) in [4.78, 5) is 24.1. The molecule has 1 amide bonds. The molecular weight excluding hydrogens is 266 g/mol. The SMILES string of the molecule is Cc1ccc(NC(=O)CC2=C(O)CC(C)(C)CC2=O)cc1. The first kappa shape index (κ1) is 15.3. The molecule has 0 atom stereocenters. The predicted molar refractivity (Wildman–Crippen MR) is 82.1 cm³/mol. The summed E-state index contributed by atoms with van der Waals surface area (Å²) in [6.45, 7) is 5.84. The van der Waals surface area contributed by atoms with E-state index in [2.05, 4.69) is 5.32 Å². The van der Waals surface area contributed by atoms with E-state index in [1.54, 1.807) is 0 Å². The molecule has 1 aliphatic carbocycles. The Bertz CT molecular complexity index is 597. The number of ketones is 1. The van der Waals surface area contributed by atoms with Gasteiger partial charge < -0.3 is 10.4 Å². The van der Waals surface area contributed by atoms with Crippen molar-refractivity contribution in [3.05, 3.63) is 41.2 Å². The Morgan fingerprint density at radius 3 is 2.43 bits per heavy atom. The maximum atomic E-state index is 12.1. The van der Waals surface area contributed by atoms with Gasteiger partial charge in [0.05, 0.1) is 6.42 Å². The van der Waals surface area contributed by atoms with Crippen molar-refractivity contribution in [2.75, 3.05) is 5.32 Å². The van der Waals surface area contributed by atoms with Crippen LogP contribution in [0, 0.1) is 12.3 Å². The first-order valence-corrected chi connectivity index (χ1v) is 7.07. The zero-order chi connectivity index (χ0) is 15.6. The molecule has 0 fully saturated rings. The molecule has 0 bridgehead atoms. The van der Waals surface area contributed by atoms with E-state index < -0.39 is 0 Å². The Labute approximate surface area is 124 Å². The van der Waals surface area contributed by atoms with Gasteiger partial charge in [-0.15, -0.1) is 0 Å². The molecule has 21 heavy (non-hydrogen) atoms. The molecular formula is C17H21NO3. The van der Waals surface area contributed by atoms with Gasteiger partial charge in [0, 0.05) is 24.1 Å². The second-order valence-corrected chi connectivity index (χ2v) is 6.46. The van der Waals surface area contributed by atoms with Crippen molar-refractivity contribution in [2.24, 2.45) is 5.41 Å². The summed E-state index contributed by atoms with van der Waals surface area (Å²) < 4.78 is 0. The van der Waals surface area contributed by atoms with Gasteiger partial charge in [0.25, 0.3) is 0 Å². The minimum atomic E-state index is -0.284. The molecule has 4 heteroatoms. The van der Waals surface area contributed by atoms with Crippen molar-refractivity contribution in [3.63, 3.8) is 0 Å². The fourth-order valence-electron chi connectivity index (χ4n) is 2.53. The Hall–Kier alpha value is -2.10. The molecule has 0 unspecified atom stereocenters. The predicted octanol–water partition coefficient (Wildman–Crippen LogP) is 3.52. The standard InChI is InChI=1S/C17H21NO3/c1-11-4-6-12(7-5-11)18-16(21)8-13-14(19)9-17(2,3)10-15(13)20/h4-7,19H,8-10H2,1-3H3,(H,18,21). The van der Waals surface area contributed by atoms with Gasteiger partial charge in [0.1, 0.15) is 5.76 Å². The average molecular weight is 287 g/mol. The van der Waals surface area contributed by atoms with Gasteiger partial charge in [-0.05, 0) is 24.5 Å². The third kappa shape index (κ3) is 3.94. The third-order valence-corrected chi connectivity index (χ3v) is 3.64. The number of aliphatic hydroxyl groups is 1. The van der Waals surface area contributed by atoms with E-state index in [-0.39, 0.29) is 34.9 Å². The number of allylic oxidation sites excluding steroid dienone is 1. The first-order chi connectivity index (χ1) is 9.77. The van der Waals surface area contributed by atoms with Crippen LogP contribution in [0.1, 0.15) is 38.7 Å². The van der Waals surface area contributed by atoms with Crippen molar-refractivity contribution in [1.29, 1.82) is 0 Å². The normalized spacial score (nSPS) is 17.8. The third-order valence-electron chi connectivity index (χ3n) is 3.64. The van der Waals surface area contributed by atoms with E-state index >= 15 is 0 Å². The van der Waals surface area contributed by atoms with Gasteiger partial charge in [-0.25, -0.2) is 0 Å². The van der Waals surface area contributed by atoms with E-state index in [1.165, 1.54) is 0 Å². The van der Waals surface area contributed by atoms with Gasteiger partial charge in [0.15, 0.2) is 5.78 Å². The number of carbonyl (C=O) groups excluding carboxylic acids is 2. The van der Waals surface area contributed by atoms with Crippen LogP contribution in [0.15, 0.2) is 35.6 Å². The van der Waals surface area contributed by atoms with E-state index in [0.29, 0.717) is 18.5 Å². The highest BCUT2D eigenvalue weighted by Gasteiger charge is 2.33. The summed E-state index contributed by atoms with van der Waals surface area (Å²) in [5.41, 5.74) is 1.81. The molecule has 0 heterocycles. The van der Waals surface area contributed by atoms with E-state index in [9.17, 15) is 14.7 Å². The molecule has 1 aromatic rings. The molecule has 0 radical (unpaired) electrons. The van der Waals surface area contributed by atoms with Crippen LogP contribution in [0.25, 0.3) is 0 Å². The van der Waals surface area contributed by atoms with Crippen molar-refractivity contribution in [3.8, 4) is 0 Å². The topological polar surface area (TPSA) is 66.4 Å². The Balaban J connectivity index is 2.05. The maximum absolute atomic E-state index is 12.1. The van der Waals surface area contributed by atoms with Gasteiger partial charge in [-0.3, -0.25) is 9.59 Å². The smallest absolute Gasteiger partial charge is 0.229 e. The number of hydrogen-bond donors (Lipinski definition) is 2. The van der Waals surface area contributed by atoms with E-state index in [1.807, 2.05) is 45.0 Å². The summed E-state index contributed by atoms with van der Waals surface area (Å²) in [7, 11) is 0. The summed E-state index contributed by atoms with van der Waals surface area (Å²) >= 11 is 0. The van der Waals surface area contributed by atoms with E-state index in [4.69, 9.17) is 0 Å². The lowest BCUT2D eigenvalue weighted by Gasteiger charge is -2.29. The largest absolute Gasteiger partial charge is 0.512 e. The highest BCUT2D eigenvalue weighted by atomic mass is 16.3. The highest BCUT2D eigenvalue weighted by molar-refractivity contribution is 6.04. The van der Waals surface area contributed by atoms with Crippen LogP contribution in [0.3, 0.4) is 0 Å². The molecule has 0 aromatic heterocycles. The van der Waals surface area contributed by atoms with Crippen LogP contribution >= 0.6 is 0 Å². The summed E-state index contributed by atoms with van der Waals surface area (Å²) in [6, 6.07) is 7.43. The number of anilines is 1. The molecule has 1 aromatic carbocycles. The molecule has 0 saturated carbocycles. The summed E-state index contributed by atoms with van der Waals surface area (Å²) in [6.07, 6.45) is 0.727. The van der Waals surface area contributed by atoms with Crippen LogP contribution in [0.5, 0.6) is 0 Å². The molecule has 2 rings (SSSR count). The Morgan fingerprint density at radius 2 is 1.86 bits per heavy atom. The molecule has 2 N–H and O–H groups in total. The van der Waals surface area contributed by atoms with Crippen LogP contribution in [0.2, 0.25) is 0 Å². The van der Waals surface area contributed by atoms with E-state index in [0.717, 1.165) is 5.56 Å². The minimum absolute atomic E-state index is 0.0512. The second kappa shape index (κ2) is 5.72. The zero-order valence-electron chi connectivity index (χ0n) is 12.7. The van der Waals surface area contributed by atoms with Crippen LogP contribution in [0.4, 0.5) is 5.69 Å². The number of Topliss-reactive ketones (excluding diaryl/α,β-unsaturated/α-hetero) is 1. The number of aliphatic hydroxyl groups excluding tert-OH is 1. The Kier molecular flexibility index (Phi) is 4.16. The quantitative estimate of drug-likeness (QED) is 0.893. The summed E-state index contributed by atoms with van der Waals surface area (Å²) in [5, 5.41) is 12.7. The van der Waals surface area contributed by atoms with Gasteiger partial charge >= 0.3 is 0 Å². The fourth-order valence-corrected chi connectivity index (χ4v) is 2.53. The van der Waals surface area contributed by atoms with Gasteiger partial charge in [-0.1, -0.05) is 31.5 Å². The first-order valence-electron chi connectivity index (χ1n) is 7.07. The molecule has 0 saturated heterocycles.